The second-order valence-electron chi connectivity index (χ2n) is 6.88. The molecule has 0 saturated heterocycles. The Morgan fingerprint density at radius 2 is 1.79 bits per heavy atom. The predicted octanol–water partition coefficient (Wildman–Crippen LogP) is 4.27. The van der Waals surface area contributed by atoms with Crippen molar-refractivity contribution in [3.8, 4) is 0 Å². The van der Waals surface area contributed by atoms with Crippen molar-refractivity contribution in [2.75, 3.05) is 18.5 Å². The number of amides is 2. The van der Waals surface area contributed by atoms with Crippen LogP contribution in [0.5, 0.6) is 0 Å². The van der Waals surface area contributed by atoms with Crippen molar-refractivity contribution < 1.29 is 14.3 Å². The van der Waals surface area contributed by atoms with E-state index in [0.29, 0.717) is 28.5 Å². The molecular weight excluding hydrogens is 376 g/mol. The molecule has 2 amide bonds. The van der Waals surface area contributed by atoms with E-state index in [9.17, 15) is 9.59 Å². The van der Waals surface area contributed by atoms with E-state index in [1.165, 1.54) is 4.90 Å². The van der Waals surface area contributed by atoms with Gasteiger partial charge in [-0.3, -0.25) is 14.5 Å². The minimum absolute atomic E-state index is 0.0288. The van der Waals surface area contributed by atoms with E-state index in [1.807, 2.05) is 57.2 Å². The van der Waals surface area contributed by atoms with Crippen LogP contribution >= 0.6 is 11.6 Å². The van der Waals surface area contributed by atoms with E-state index in [4.69, 9.17) is 16.3 Å². The molecule has 0 spiro atoms. The first kappa shape index (κ1) is 20.1. The zero-order chi connectivity index (χ0) is 20.3. The maximum Gasteiger partial charge on any atom is 0.278 e. The summed E-state index contributed by atoms with van der Waals surface area (Å²) in [7, 11) is 0. The largest absolute Gasteiger partial charge is 0.377 e. The van der Waals surface area contributed by atoms with Crippen LogP contribution < -0.4 is 5.32 Å². The van der Waals surface area contributed by atoms with Gasteiger partial charge in [0.05, 0.1) is 24.8 Å². The fraction of sp³-hybridized carbons (Fsp3) is 0.273. The van der Waals surface area contributed by atoms with Gasteiger partial charge in [0.1, 0.15) is 5.70 Å². The van der Waals surface area contributed by atoms with Gasteiger partial charge < -0.3 is 10.1 Å². The molecule has 0 radical (unpaired) electrons. The molecule has 1 aliphatic rings. The summed E-state index contributed by atoms with van der Waals surface area (Å²) in [5.74, 6) is -0.693. The van der Waals surface area contributed by atoms with E-state index in [1.54, 1.807) is 12.1 Å². The van der Waals surface area contributed by atoms with Crippen LogP contribution in [0, 0.1) is 6.92 Å². The molecule has 146 valence electrons. The maximum atomic E-state index is 13.1. The quantitative estimate of drug-likeness (QED) is 0.708. The Bertz CT molecular complexity index is 923. The zero-order valence-electron chi connectivity index (χ0n) is 16.2. The fourth-order valence-electron chi connectivity index (χ4n) is 3.01. The molecule has 5 nitrogen and oxygen atoms in total. The van der Waals surface area contributed by atoms with Crippen LogP contribution in [0.15, 0.2) is 54.2 Å². The molecule has 0 saturated carbocycles. The van der Waals surface area contributed by atoms with E-state index < -0.39 is 0 Å². The van der Waals surface area contributed by atoms with Crippen molar-refractivity contribution in [2.24, 2.45) is 0 Å². The van der Waals surface area contributed by atoms with Crippen molar-refractivity contribution in [1.29, 1.82) is 0 Å². The summed E-state index contributed by atoms with van der Waals surface area (Å²) < 4.78 is 5.53. The van der Waals surface area contributed by atoms with Gasteiger partial charge in [-0.25, -0.2) is 0 Å². The number of aryl methyl sites for hydroxylation is 1. The number of hydrogen-bond donors (Lipinski definition) is 1. The first-order valence-corrected chi connectivity index (χ1v) is 9.57. The van der Waals surface area contributed by atoms with Gasteiger partial charge in [0.2, 0.25) is 0 Å². The fourth-order valence-corrected chi connectivity index (χ4v) is 3.18. The first-order valence-electron chi connectivity index (χ1n) is 9.19. The third-order valence-electron chi connectivity index (χ3n) is 4.46. The standard InChI is InChI=1S/C22H23ClN2O3/c1-14(2)28-12-11-25-21(26)19(16-7-5-4-6-8-16)20(22(25)27)24-18-13-17(23)10-9-15(18)3/h4-10,13-14,24H,11-12H2,1-3H3. The minimum atomic E-state index is -0.365. The SMILES string of the molecule is Cc1ccc(Cl)cc1NC1=C(c2ccccc2)C(=O)N(CCOC(C)C)C1=O. The topological polar surface area (TPSA) is 58.6 Å². The summed E-state index contributed by atoms with van der Waals surface area (Å²) in [5, 5.41) is 3.70. The molecular formula is C22H23ClN2O3. The molecule has 0 bridgehead atoms. The van der Waals surface area contributed by atoms with Crippen LogP contribution in [0.2, 0.25) is 5.02 Å². The number of hydrogen-bond acceptors (Lipinski definition) is 4. The van der Waals surface area contributed by atoms with Crippen molar-refractivity contribution in [2.45, 2.75) is 26.9 Å². The molecule has 2 aromatic carbocycles. The third-order valence-corrected chi connectivity index (χ3v) is 4.69. The van der Waals surface area contributed by atoms with Crippen LogP contribution in [0.4, 0.5) is 5.69 Å². The van der Waals surface area contributed by atoms with Gasteiger partial charge in [0, 0.05) is 10.7 Å². The van der Waals surface area contributed by atoms with E-state index in [0.717, 1.165) is 5.56 Å². The lowest BCUT2D eigenvalue weighted by atomic mass is 10.0. The van der Waals surface area contributed by atoms with Crippen molar-refractivity contribution in [1.82, 2.24) is 4.90 Å². The van der Waals surface area contributed by atoms with Gasteiger partial charge in [0.15, 0.2) is 0 Å². The van der Waals surface area contributed by atoms with Crippen LogP contribution in [-0.4, -0.2) is 36.0 Å². The van der Waals surface area contributed by atoms with Crippen molar-refractivity contribution in [3.63, 3.8) is 0 Å². The molecule has 1 N–H and O–H groups in total. The third kappa shape index (κ3) is 4.26. The lowest BCUT2D eigenvalue weighted by Crippen LogP contribution is -2.35. The Kier molecular flexibility index (Phi) is 6.17. The molecule has 0 fully saturated rings. The first-order chi connectivity index (χ1) is 13.4. The minimum Gasteiger partial charge on any atom is -0.377 e. The Balaban J connectivity index is 1.97. The molecule has 28 heavy (non-hydrogen) atoms. The summed E-state index contributed by atoms with van der Waals surface area (Å²) in [6, 6.07) is 14.6. The number of nitrogens with one attached hydrogen (secondary N) is 1. The number of nitrogens with zero attached hydrogens (tertiary/aromatic N) is 1. The molecule has 0 aromatic heterocycles. The number of benzene rings is 2. The number of carbonyl (C=O) groups is 2. The van der Waals surface area contributed by atoms with Gasteiger partial charge in [-0.2, -0.15) is 0 Å². The van der Waals surface area contributed by atoms with Gasteiger partial charge in [-0.15, -0.1) is 0 Å². The monoisotopic (exact) mass is 398 g/mol. The van der Waals surface area contributed by atoms with Crippen LogP contribution in [0.1, 0.15) is 25.0 Å². The van der Waals surface area contributed by atoms with Crippen LogP contribution in [0.3, 0.4) is 0 Å². The van der Waals surface area contributed by atoms with Crippen LogP contribution in [-0.2, 0) is 14.3 Å². The van der Waals surface area contributed by atoms with Gasteiger partial charge in [-0.05, 0) is 44.0 Å². The maximum absolute atomic E-state index is 13.1. The number of rotatable bonds is 7. The number of ether oxygens (including phenoxy) is 1. The van der Waals surface area contributed by atoms with Gasteiger partial charge in [0.25, 0.3) is 11.8 Å². The van der Waals surface area contributed by atoms with Crippen molar-refractivity contribution in [3.05, 3.63) is 70.4 Å². The summed E-state index contributed by atoms with van der Waals surface area (Å²) in [5.41, 5.74) is 2.92. The van der Waals surface area contributed by atoms with Gasteiger partial charge >= 0.3 is 0 Å². The van der Waals surface area contributed by atoms with E-state index >= 15 is 0 Å². The highest BCUT2D eigenvalue weighted by Gasteiger charge is 2.39. The molecule has 1 heterocycles. The van der Waals surface area contributed by atoms with Crippen molar-refractivity contribution >= 4 is 34.7 Å². The van der Waals surface area contributed by atoms with E-state index in [-0.39, 0.29) is 30.2 Å². The average Bonchev–Trinajstić information content (AvgIpc) is 2.89. The lowest BCUT2D eigenvalue weighted by molar-refractivity contribution is -0.137. The lowest BCUT2D eigenvalue weighted by Gasteiger charge is -2.16. The molecule has 3 rings (SSSR count). The molecule has 1 aliphatic heterocycles. The molecule has 0 aliphatic carbocycles. The Morgan fingerprint density at radius 1 is 1.07 bits per heavy atom. The summed E-state index contributed by atoms with van der Waals surface area (Å²) in [6.07, 6.45) is 0.0288. The zero-order valence-corrected chi connectivity index (χ0v) is 16.9. The molecule has 0 atom stereocenters. The molecule has 6 heteroatoms. The molecule has 0 unspecified atom stereocenters. The van der Waals surface area contributed by atoms with E-state index in [2.05, 4.69) is 5.32 Å². The van der Waals surface area contributed by atoms with Gasteiger partial charge in [-0.1, -0.05) is 48.0 Å². The average molecular weight is 399 g/mol. The smallest absolute Gasteiger partial charge is 0.278 e. The Hall–Kier alpha value is -2.63. The van der Waals surface area contributed by atoms with Crippen LogP contribution in [0.25, 0.3) is 5.57 Å². The highest BCUT2D eigenvalue weighted by molar-refractivity contribution is 6.36. The predicted molar refractivity (Wildman–Crippen MR) is 111 cm³/mol. The number of halogens is 1. The second kappa shape index (κ2) is 8.59. The molecule has 2 aromatic rings. The Morgan fingerprint density at radius 3 is 2.46 bits per heavy atom. The highest BCUT2D eigenvalue weighted by Crippen LogP contribution is 2.31. The summed E-state index contributed by atoms with van der Waals surface area (Å²) >= 11 is 6.11. The second-order valence-corrected chi connectivity index (χ2v) is 7.32. The Labute approximate surface area is 169 Å². The number of imide groups is 1. The normalized spacial score (nSPS) is 14.4. The highest BCUT2D eigenvalue weighted by atomic mass is 35.5. The summed E-state index contributed by atoms with van der Waals surface area (Å²) in [4.78, 5) is 27.4. The summed E-state index contributed by atoms with van der Waals surface area (Å²) in [6.45, 7) is 6.23. The number of carbonyl (C=O) groups excluding carboxylic acids is 2. The number of anilines is 1.